The van der Waals surface area contributed by atoms with Gasteiger partial charge < -0.3 is 24.8 Å². The molecule has 3 aromatic carbocycles. The van der Waals surface area contributed by atoms with Gasteiger partial charge in [-0.05, 0) is 54.6 Å². The molecule has 1 heterocycles. The van der Waals surface area contributed by atoms with Gasteiger partial charge in [-0.15, -0.1) is 0 Å². The summed E-state index contributed by atoms with van der Waals surface area (Å²) in [4.78, 5) is 12.2. The van der Waals surface area contributed by atoms with Gasteiger partial charge in [0.25, 0.3) is 0 Å². The van der Waals surface area contributed by atoms with E-state index in [1.807, 2.05) is 18.2 Å². The summed E-state index contributed by atoms with van der Waals surface area (Å²) >= 11 is 0. The minimum absolute atomic E-state index is 0.128. The first-order chi connectivity index (χ1) is 16.9. The number of nitrogens with zero attached hydrogens (tertiary/aromatic N) is 2. The number of carbonyl (C=O) groups excluding carboxylic acids is 1. The number of aromatic nitrogens is 2. The fourth-order valence-corrected chi connectivity index (χ4v) is 3.42. The number of carbonyl (C=O) groups is 1. The van der Waals surface area contributed by atoms with Crippen LogP contribution >= 0.6 is 0 Å². The third kappa shape index (κ3) is 5.16. The van der Waals surface area contributed by atoms with Gasteiger partial charge in [0.1, 0.15) is 11.6 Å². The van der Waals surface area contributed by atoms with E-state index in [2.05, 4.69) is 15.7 Å². The van der Waals surface area contributed by atoms with E-state index >= 15 is 0 Å². The zero-order valence-electron chi connectivity index (χ0n) is 19.1. The summed E-state index contributed by atoms with van der Waals surface area (Å²) in [5.74, 6) is -0.0584. The maximum Gasteiger partial charge on any atom is 0.323 e. The van der Waals surface area contributed by atoms with Crippen LogP contribution in [0.25, 0.3) is 16.9 Å². The van der Waals surface area contributed by atoms with Gasteiger partial charge in [0.05, 0.1) is 38.4 Å². The van der Waals surface area contributed by atoms with Gasteiger partial charge >= 0.3 is 6.03 Å². The summed E-state index contributed by atoms with van der Waals surface area (Å²) < 4.78 is 44.6. The molecule has 0 aliphatic rings. The third-order valence-electron chi connectivity index (χ3n) is 5.12. The van der Waals surface area contributed by atoms with Crippen LogP contribution in [0.2, 0.25) is 0 Å². The van der Waals surface area contributed by atoms with Gasteiger partial charge in [-0.25, -0.2) is 18.3 Å². The number of urea groups is 1. The zero-order valence-corrected chi connectivity index (χ0v) is 19.1. The van der Waals surface area contributed by atoms with Crippen molar-refractivity contribution in [3.63, 3.8) is 0 Å². The molecule has 2 N–H and O–H groups in total. The fraction of sp³-hybridized carbons (Fsp3) is 0.120. The maximum atomic E-state index is 13.7. The van der Waals surface area contributed by atoms with E-state index in [1.54, 1.807) is 49.4 Å². The number of hydrogen-bond acceptors (Lipinski definition) is 5. The van der Waals surface area contributed by atoms with Crippen molar-refractivity contribution >= 4 is 17.4 Å². The molecule has 0 saturated heterocycles. The molecule has 180 valence electrons. The number of benzene rings is 3. The standard InChI is InChI=1S/C25H22F2N4O4/c1-33-22-12-15(13-23(34-2)24(22)35-3)20-10-11-31(30-20)18-7-5-17(6-8-18)28-25(32)29-21-9-4-16(26)14-19(21)27/h4-14H,1-3H3,(H2,28,29,32). The quantitative estimate of drug-likeness (QED) is 0.366. The van der Waals surface area contributed by atoms with Crippen LogP contribution in [0.15, 0.2) is 66.9 Å². The Kier molecular flexibility index (Phi) is 6.81. The van der Waals surface area contributed by atoms with E-state index in [0.29, 0.717) is 34.7 Å². The van der Waals surface area contributed by atoms with Crippen LogP contribution in [-0.4, -0.2) is 37.1 Å². The summed E-state index contributed by atoms with van der Waals surface area (Å²) in [5, 5.41) is 9.55. The van der Waals surface area contributed by atoms with E-state index in [4.69, 9.17) is 14.2 Å². The van der Waals surface area contributed by atoms with Crippen molar-refractivity contribution in [1.29, 1.82) is 0 Å². The van der Waals surface area contributed by atoms with Gasteiger partial charge in [-0.1, -0.05) is 0 Å². The maximum absolute atomic E-state index is 13.7. The Balaban J connectivity index is 1.48. The SMILES string of the molecule is COc1cc(-c2ccn(-c3ccc(NC(=O)Nc4ccc(F)cc4F)cc3)n2)cc(OC)c1OC. The second kappa shape index (κ2) is 10.1. The molecule has 1 aromatic heterocycles. The Bertz CT molecular complexity index is 1330. The first-order valence-corrected chi connectivity index (χ1v) is 10.4. The molecule has 0 spiro atoms. The molecule has 0 radical (unpaired) electrons. The molecule has 0 bridgehead atoms. The Labute approximate surface area is 200 Å². The van der Waals surface area contributed by atoms with Crippen molar-refractivity contribution in [2.75, 3.05) is 32.0 Å². The largest absolute Gasteiger partial charge is 0.493 e. The van der Waals surface area contributed by atoms with E-state index in [9.17, 15) is 13.6 Å². The van der Waals surface area contributed by atoms with Crippen LogP contribution in [-0.2, 0) is 0 Å². The molecule has 0 aliphatic carbocycles. The molecule has 2 amide bonds. The van der Waals surface area contributed by atoms with Crippen molar-refractivity contribution in [1.82, 2.24) is 9.78 Å². The van der Waals surface area contributed by atoms with Gasteiger partial charge in [0.2, 0.25) is 5.75 Å². The molecule has 0 atom stereocenters. The minimum Gasteiger partial charge on any atom is -0.493 e. The van der Waals surface area contributed by atoms with Crippen LogP contribution in [0.5, 0.6) is 17.2 Å². The average molecular weight is 480 g/mol. The van der Waals surface area contributed by atoms with E-state index in [0.717, 1.165) is 23.4 Å². The highest BCUT2D eigenvalue weighted by Crippen LogP contribution is 2.40. The Morgan fingerprint density at radius 1 is 0.857 bits per heavy atom. The summed E-state index contributed by atoms with van der Waals surface area (Å²) in [6.07, 6.45) is 1.80. The summed E-state index contributed by atoms with van der Waals surface area (Å²) in [6.45, 7) is 0. The molecule has 8 nitrogen and oxygen atoms in total. The zero-order chi connectivity index (χ0) is 24.9. The lowest BCUT2D eigenvalue weighted by molar-refractivity contribution is 0.262. The van der Waals surface area contributed by atoms with Crippen LogP contribution in [0.1, 0.15) is 0 Å². The first-order valence-electron chi connectivity index (χ1n) is 10.4. The Morgan fingerprint density at radius 2 is 1.54 bits per heavy atom. The molecule has 0 saturated carbocycles. The van der Waals surface area contributed by atoms with Crippen molar-refractivity contribution in [3.8, 4) is 34.2 Å². The van der Waals surface area contributed by atoms with Crippen molar-refractivity contribution < 1.29 is 27.8 Å². The smallest absolute Gasteiger partial charge is 0.323 e. The lowest BCUT2D eigenvalue weighted by Crippen LogP contribution is -2.20. The van der Waals surface area contributed by atoms with Crippen LogP contribution in [0.4, 0.5) is 25.0 Å². The number of anilines is 2. The normalized spacial score (nSPS) is 10.5. The number of hydrogen-bond donors (Lipinski definition) is 2. The lowest BCUT2D eigenvalue weighted by atomic mass is 10.1. The molecule has 0 fully saturated rings. The molecule has 35 heavy (non-hydrogen) atoms. The van der Waals surface area contributed by atoms with Gasteiger partial charge in [-0.2, -0.15) is 5.10 Å². The highest BCUT2D eigenvalue weighted by Gasteiger charge is 2.16. The van der Waals surface area contributed by atoms with Crippen LogP contribution in [0, 0.1) is 11.6 Å². The Morgan fingerprint density at radius 3 is 2.14 bits per heavy atom. The van der Waals surface area contributed by atoms with Crippen molar-refractivity contribution in [2.24, 2.45) is 0 Å². The second-order valence-corrected chi connectivity index (χ2v) is 7.31. The van der Waals surface area contributed by atoms with E-state index in [1.165, 1.54) is 7.11 Å². The van der Waals surface area contributed by atoms with E-state index < -0.39 is 17.7 Å². The molecular weight excluding hydrogens is 458 g/mol. The highest BCUT2D eigenvalue weighted by molar-refractivity contribution is 5.99. The number of methoxy groups -OCH3 is 3. The van der Waals surface area contributed by atoms with Crippen LogP contribution in [0.3, 0.4) is 0 Å². The number of halogens is 2. The molecule has 0 unspecified atom stereocenters. The second-order valence-electron chi connectivity index (χ2n) is 7.31. The highest BCUT2D eigenvalue weighted by atomic mass is 19.1. The van der Waals surface area contributed by atoms with Crippen LogP contribution < -0.4 is 24.8 Å². The molecule has 0 aliphatic heterocycles. The lowest BCUT2D eigenvalue weighted by Gasteiger charge is -2.13. The minimum atomic E-state index is -0.864. The number of amides is 2. The summed E-state index contributed by atoms with van der Waals surface area (Å²) in [6, 6.07) is 14.6. The van der Waals surface area contributed by atoms with Gasteiger partial charge in [0.15, 0.2) is 11.5 Å². The monoisotopic (exact) mass is 480 g/mol. The van der Waals surface area contributed by atoms with Crippen molar-refractivity contribution in [3.05, 3.63) is 78.5 Å². The molecule has 4 aromatic rings. The predicted molar refractivity (Wildman–Crippen MR) is 128 cm³/mol. The Hall–Kier alpha value is -4.60. The van der Waals surface area contributed by atoms with Gasteiger partial charge in [0, 0.05) is 23.5 Å². The fourth-order valence-electron chi connectivity index (χ4n) is 3.42. The summed E-state index contributed by atoms with van der Waals surface area (Å²) in [7, 11) is 4.63. The van der Waals surface area contributed by atoms with Gasteiger partial charge in [-0.3, -0.25) is 0 Å². The van der Waals surface area contributed by atoms with Crippen molar-refractivity contribution in [2.45, 2.75) is 0 Å². The number of rotatable bonds is 7. The summed E-state index contributed by atoms with van der Waals surface area (Å²) in [5.41, 5.74) is 2.56. The number of nitrogens with one attached hydrogen (secondary N) is 2. The predicted octanol–water partition coefficient (Wildman–Crippen LogP) is 5.49. The third-order valence-corrected chi connectivity index (χ3v) is 5.12. The first kappa shape index (κ1) is 23.6. The average Bonchev–Trinajstić information content (AvgIpc) is 3.35. The molecular formula is C25H22F2N4O4. The van der Waals surface area contributed by atoms with E-state index in [-0.39, 0.29) is 5.69 Å². The number of ether oxygens (including phenoxy) is 3. The molecule has 10 heteroatoms. The topological polar surface area (TPSA) is 86.6 Å². The molecule has 4 rings (SSSR count).